The van der Waals surface area contributed by atoms with Crippen molar-refractivity contribution in [2.45, 2.75) is 53.3 Å². The van der Waals surface area contributed by atoms with Gasteiger partial charge in [0, 0.05) is 0 Å². The molecule has 0 unspecified atom stereocenters. The fraction of sp³-hybridized carbons (Fsp3) is 0.600. The summed E-state index contributed by atoms with van der Waals surface area (Å²) in [6.45, 7) is 0. The Bertz CT molecular complexity index is 964. The van der Waals surface area contributed by atoms with E-state index >= 15 is 0 Å². The summed E-state index contributed by atoms with van der Waals surface area (Å²) in [5.41, 5.74) is 0. The Morgan fingerprint density at radius 3 is 0.362 bits per heavy atom. The predicted octanol–water partition coefficient (Wildman–Crippen LogP) is -5.59. The van der Waals surface area contributed by atoms with Crippen LogP contribution in [0.25, 0.3) is 0 Å². The largest absolute Gasteiger partial charge is 3.00 e. The van der Waals surface area contributed by atoms with E-state index in [2.05, 4.69) is 0 Å². The van der Waals surface area contributed by atoms with E-state index < -0.39 is 89.1 Å². The molecular weight excluding hydrogens is 854 g/mol. The number of carbonyl (C=O) groups excluding carboxylic acids is 6. The summed E-state index contributed by atoms with van der Waals surface area (Å²) in [5, 5.41) is 56.7. The van der Waals surface area contributed by atoms with Crippen LogP contribution in [0.3, 0.4) is 0 Å². The third kappa shape index (κ3) is 9.47. The Hall–Kier alpha value is -3.17. The van der Waals surface area contributed by atoms with E-state index in [0.717, 1.165) is 0 Å². The molecular formula is C15F18Ga2O12. The van der Waals surface area contributed by atoms with Crippen LogP contribution in [0.2, 0.25) is 0 Å². The van der Waals surface area contributed by atoms with Crippen molar-refractivity contribution in [1.82, 2.24) is 0 Å². The second kappa shape index (κ2) is 15.8. The normalized spacial score (nSPS) is 13.1. The third-order valence-corrected chi connectivity index (χ3v) is 3.90. The van der Waals surface area contributed by atoms with Gasteiger partial charge in [0.25, 0.3) is 0 Å². The van der Waals surface area contributed by atoms with Crippen LogP contribution >= 0.6 is 0 Å². The van der Waals surface area contributed by atoms with Crippen molar-refractivity contribution in [2.24, 2.45) is 0 Å². The number of hydrogen-bond donors (Lipinski definition) is 0. The zero-order chi connectivity index (χ0) is 38.0. The van der Waals surface area contributed by atoms with Crippen LogP contribution in [0.4, 0.5) is 79.0 Å². The van der Waals surface area contributed by atoms with E-state index in [1.54, 1.807) is 0 Å². The molecule has 0 saturated heterocycles. The first-order valence-corrected chi connectivity index (χ1v) is 8.85. The summed E-state index contributed by atoms with van der Waals surface area (Å²) in [6, 6.07) is 0. The van der Waals surface area contributed by atoms with Crippen LogP contribution < -0.4 is 30.6 Å². The molecule has 0 aliphatic rings. The van der Waals surface area contributed by atoms with Crippen molar-refractivity contribution in [2.75, 3.05) is 0 Å². The van der Waals surface area contributed by atoms with Gasteiger partial charge in [-0.3, -0.25) is 0 Å². The SMILES string of the molecule is O=C([O-])C(F)(F)C(F)(F)C(F)(F)C(=O)[O-].O=C([O-])C(F)(F)C(F)(F)C(F)(F)C(=O)[O-].O=C([O-])C(F)(F)C(F)(F)C(F)(F)C(=O)[O-].[Ga+3].[Ga+3]. The van der Waals surface area contributed by atoms with Crippen molar-refractivity contribution in [1.29, 1.82) is 0 Å². The molecule has 0 heterocycles. The Morgan fingerprint density at radius 1 is 0.255 bits per heavy atom. The number of aliphatic carboxylic acids is 6. The molecule has 0 bridgehead atoms. The summed E-state index contributed by atoms with van der Waals surface area (Å²) in [5.74, 6) is -80.9. The fourth-order valence-electron chi connectivity index (χ4n) is 1.36. The zero-order valence-electron chi connectivity index (χ0n) is 20.4. The number of carbonyl (C=O) groups is 6. The molecule has 0 saturated carbocycles. The Labute approximate surface area is 267 Å². The Balaban J connectivity index is -0.000000184. The molecule has 264 valence electrons. The van der Waals surface area contributed by atoms with E-state index in [0.29, 0.717) is 0 Å². The molecule has 32 heteroatoms. The van der Waals surface area contributed by atoms with Gasteiger partial charge in [-0.15, -0.1) is 0 Å². The second-order valence-electron chi connectivity index (χ2n) is 6.89. The molecule has 0 aromatic rings. The molecule has 0 aliphatic heterocycles. The van der Waals surface area contributed by atoms with Crippen molar-refractivity contribution in [3.63, 3.8) is 0 Å². The topological polar surface area (TPSA) is 241 Å². The molecule has 12 nitrogen and oxygen atoms in total. The zero-order valence-corrected chi connectivity index (χ0v) is 25.2. The molecule has 0 aliphatic carbocycles. The Morgan fingerprint density at radius 2 is 0.319 bits per heavy atom. The van der Waals surface area contributed by atoms with Gasteiger partial charge in [0.05, 0.1) is 0 Å². The van der Waals surface area contributed by atoms with Crippen LogP contribution in [0.5, 0.6) is 0 Å². The minimum Gasteiger partial charge on any atom is -0.544 e. The number of carboxylic acid groups (broad SMARTS) is 6. The number of halogens is 18. The number of carboxylic acids is 6. The first-order chi connectivity index (χ1) is 19.2. The predicted molar refractivity (Wildman–Crippen MR) is 86.1 cm³/mol. The van der Waals surface area contributed by atoms with Crippen LogP contribution in [-0.2, 0) is 28.8 Å². The van der Waals surface area contributed by atoms with Crippen LogP contribution in [0.15, 0.2) is 0 Å². The van der Waals surface area contributed by atoms with Gasteiger partial charge in [0.15, 0.2) is 0 Å². The first kappa shape index (κ1) is 53.3. The quantitative estimate of drug-likeness (QED) is 0.132. The average molecular weight is 854 g/mol. The van der Waals surface area contributed by atoms with E-state index in [4.69, 9.17) is 0 Å². The molecule has 0 fully saturated rings. The van der Waals surface area contributed by atoms with Gasteiger partial charge < -0.3 is 59.4 Å². The standard InChI is InChI=1S/3C5H2F6O4.2Ga/c3*6-3(7,1(12)13)5(10,11)4(8,9)2(14)15;;/h3*(H,12,13)(H,14,15);;/q;;;2*+3/p-6. The summed E-state index contributed by atoms with van der Waals surface area (Å²) < 4.78 is 217. The van der Waals surface area contributed by atoms with Gasteiger partial charge in [-0.1, -0.05) is 0 Å². The van der Waals surface area contributed by atoms with Gasteiger partial charge in [-0.05, 0) is 0 Å². The molecule has 0 rings (SSSR count). The molecule has 0 amide bonds. The fourth-order valence-corrected chi connectivity index (χ4v) is 1.36. The second-order valence-corrected chi connectivity index (χ2v) is 6.89. The van der Waals surface area contributed by atoms with E-state index in [1.807, 2.05) is 0 Å². The summed E-state index contributed by atoms with van der Waals surface area (Å²) in [4.78, 5) is 56.7. The summed E-state index contributed by atoms with van der Waals surface area (Å²) in [7, 11) is 0. The van der Waals surface area contributed by atoms with E-state index in [9.17, 15) is 138 Å². The Kier molecular flexibility index (Phi) is 18.0. The van der Waals surface area contributed by atoms with Gasteiger partial charge >= 0.3 is 92.9 Å². The summed E-state index contributed by atoms with van der Waals surface area (Å²) in [6.07, 6.45) is 0. The first-order valence-electron chi connectivity index (χ1n) is 8.85. The number of hydrogen-bond acceptors (Lipinski definition) is 12. The minimum atomic E-state index is -6.66. The van der Waals surface area contributed by atoms with Crippen molar-refractivity contribution in [3.05, 3.63) is 0 Å². The van der Waals surface area contributed by atoms with E-state index in [1.165, 1.54) is 0 Å². The molecule has 0 radical (unpaired) electrons. The van der Waals surface area contributed by atoms with Crippen molar-refractivity contribution >= 4 is 75.4 Å². The van der Waals surface area contributed by atoms with Crippen molar-refractivity contribution < 1.29 is 138 Å². The molecule has 0 aromatic carbocycles. The van der Waals surface area contributed by atoms with Crippen LogP contribution in [0.1, 0.15) is 0 Å². The molecule has 47 heavy (non-hydrogen) atoms. The minimum absolute atomic E-state index is 0. The third-order valence-electron chi connectivity index (χ3n) is 3.90. The molecule has 0 atom stereocenters. The maximum Gasteiger partial charge on any atom is 3.00 e. The van der Waals surface area contributed by atoms with Gasteiger partial charge in [-0.2, -0.15) is 79.0 Å². The molecule has 0 N–H and O–H groups in total. The molecule has 0 spiro atoms. The smallest absolute Gasteiger partial charge is 0.544 e. The van der Waals surface area contributed by atoms with Crippen LogP contribution in [0, 0.1) is 0 Å². The number of alkyl halides is 18. The summed E-state index contributed by atoms with van der Waals surface area (Å²) >= 11 is 0. The monoisotopic (exact) mass is 852 g/mol. The van der Waals surface area contributed by atoms with E-state index in [-0.39, 0.29) is 39.6 Å². The maximum absolute atomic E-state index is 12.1. The van der Waals surface area contributed by atoms with Gasteiger partial charge in [-0.25, -0.2) is 0 Å². The van der Waals surface area contributed by atoms with Gasteiger partial charge in [0.1, 0.15) is 35.8 Å². The van der Waals surface area contributed by atoms with Crippen LogP contribution in [-0.4, -0.2) is 129 Å². The molecule has 0 aromatic heterocycles. The maximum atomic E-state index is 12.1. The number of rotatable bonds is 12. The van der Waals surface area contributed by atoms with Gasteiger partial charge in [0.2, 0.25) is 0 Å². The van der Waals surface area contributed by atoms with Crippen molar-refractivity contribution in [3.8, 4) is 0 Å². The average Bonchev–Trinajstić information content (AvgIpc) is 2.83.